The van der Waals surface area contributed by atoms with Crippen LogP contribution in [0.4, 0.5) is 5.82 Å². The SMILES string of the molecule is C[C@@H](c1cc(N[C@H]2CC[C@H](N)C2)n2nccc2n1)C1CCCC1. The van der Waals surface area contributed by atoms with Gasteiger partial charge in [-0.3, -0.25) is 0 Å². The molecule has 5 heteroatoms. The Morgan fingerprint density at radius 2 is 2.09 bits per heavy atom. The van der Waals surface area contributed by atoms with Gasteiger partial charge in [0.25, 0.3) is 0 Å². The highest BCUT2D eigenvalue weighted by Gasteiger charge is 2.26. The predicted molar refractivity (Wildman–Crippen MR) is 92.6 cm³/mol. The van der Waals surface area contributed by atoms with E-state index in [1.165, 1.54) is 31.4 Å². The van der Waals surface area contributed by atoms with Crippen molar-refractivity contribution in [2.45, 2.75) is 69.9 Å². The zero-order chi connectivity index (χ0) is 15.8. The molecule has 2 aliphatic rings. The third-order valence-electron chi connectivity index (χ3n) is 5.78. The molecule has 0 spiro atoms. The van der Waals surface area contributed by atoms with Crippen LogP contribution in [0.5, 0.6) is 0 Å². The summed E-state index contributed by atoms with van der Waals surface area (Å²) in [6.07, 6.45) is 10.5. The molecule has 2 fully saturated rings. The average Bonchev–Trinajstić information content (AvgIpc) is 3.27. The van der Waals surface area contributed by atoms with Crippen molar-refractivity contribution >= 4 is 11.5 Å². The first-order chi connectivity index (χ1) is 11.2. The molecule has 0 radical (unpaired) electrons. The standard InChI is InChI=1S/C18H27N5/c1-12(13-4-2-3-5-13)16-11-18(21-15-7-6-14(19)10-15)23-17(22-16)8-9-20-23/h8-9,11-15,21H,2-7,10,19H2,1H3/t12-,14+,15+/m1/s1. The molecule has 0 aromatic carbocycles. The van der Waals surface area contributed by atoms with Crippen LogP contribution in [0.2, 0.25) is 0 Å². The summed E-state index contributed by atoms with van der Waals surface area (Å²) < 4.78 is 1.93. The van der Waals surface area contributed by atoms with Crippen molar-refractivity contribution in [3.05, 3.63) is 24.0 Å². The van der Waals surface area contributed by atoms with Gasteiger partial charge in [-0.15, -0.1) is 0 Å². The van der Waals surface area contributed by atoms with Gasteiger partial charge in [-0.1, -0.05) is 19.8 Å². The number of rotatable bonds is 4. The number of hydrogen-bond acceptors (Lipinski definition) is 4. The fourth-order valence-corrected chi connectivity index (χ4v) is 4.32. The first-order valence-electron chi connectivity index (χ1n) is 9.07. The van der Waals surface area contributed by atoms with Crippen LogP contribution in [0, 0.1) is 5.92 Å². The summed E-state index contributed by atoms with van der Waals surface area (Å²) in [5.74, 6) is 2.36. The van der Waals surface area contributed by atoms with Gasteiger partial charge < -0.3 is 11.1 Å². The number of aromatic nitrogens is 3. The maximum atomic E-state index is 6.06. The molecular formula is C18H27N5. The summed E-state index contributed by atoms with van der Waals surface area (Å²) in [6, 6.07) is 5.00. The van der Waals surface area contributed by atoms with Gasteiger partial charge in [0.2, 0.25) is 0 Å². The normalized spacial score (nSPS) is 26.9. The summed E-state index contributed by atoms with van der Waals surface area (Å²) in [7, 11) is 0. The van der Waals surface area contributed by atoms with E-state index in [4.69, 9.17) is 10.7 Å². The van der Waals surface area contributed by atoms with Crippen molar-refractivity contribution in [2.24, 2.45) is 11.7 Å². The fraction of sp³-hybridized carbons (Fsp3) is 0.667. The molecule has 0 amide bonds. The minimum Gasteiger partial charge on any atom is -0.367 e. The zero-order valence-electron chi connectivity index (χ0n) is 13.9. The Bertz CT molecular complexity index is 673. The quantitative estimate of drug-likeness (QED) is 0.908. The Balaban J connectivity index is 1.63. The van der Waals surface area contributed by atoms with Crippen molar-refractivity contribution in [1.29, 1.82) is 0 Å². The first kappa shape index (κ1) is 14.9. The molecular weight excluding hydrogens is 286 g/mol. The molecule has 4 rings (SSSR count). The Morgan fingerprint density at radius 1 is 1.26 bits per heavy atom. The number of fused-ring (bicyclic) bond motifs is 1. The summed E-state index contributed by atoms with van der Waals surface area (Å²) >= 11 is 0. The van der Waals surface area contributed by atoms with Crippen molar-refractivity contribution in [2.75, 3.05) is 5.32 Å². The maximum absolute atomic E-state index is 6.06. The Morgan fingerprint density at radius 3 is 2.83 bits per heavy atom. The van der Waals surface area contributed by atoms with Gasteiger partial charge in [0.1, 0.15) is 5.82 Å². The van der Waals surface area contributed by atoms with Crippen LogP contribution in [0.1, 0.15) is 63.5 Å². The largest absolute Gasteiger partial charge is 0.367 e. The van der Waals surface area contributed by atoms with E-state index >= 15 is 0 Å². The zero-order valence-corrected chi connectivity index (χ0v) is 13.9. The lowest BCUT2D eigenvalue weighted by molar-refractivity contribution is 0.453. The van der Waals surface area contributed by atoms with Crippen LogP contribution in [0.15, 0.2) is 18.3 Å². The van der Waals surface area contributed by atoms with Crippen molar-refractivity contribution < 1.29 is 0 Å². The van der Waals surface area contributed by atoms with Crippen LogP contribution in [-0.4, -0.2) is 26.7 Å². The topological polar surface area (TPSA) is 68.2 Å². The molecule has 2 aromatic rings. The highest BCUT2D eigenvalue weighted by Crippen LogP contribution is 2.37. The minimum atomic E-state index is 0.333. The van der Waals surface area contributed by atoms with E-state index in [0.29, 0.717) is 18.0 Å². The van der Waals surface area contributed by atoms with E-state index in [-0.39, 0.29) is 0 Å². The van der Waals surface area contributed by atoms with Crippen molar-refractivity contribution in [3.63, 3.8) is 0 Å². The molecule has 2 aliphatic carbocycles. The van der Waals surface area contributed by atoms with E-state index in [0.717, 1.165) is 36.6 Å². The lowest BCUT2D eigenvalue weighted by atomic mass is 9.89. The first-order valence-corrected chi connectivity index (χ1v) is 9.07. The third kappa shape index (κ3) is 2.94. The van der Waals surface area contributed by atoms with Gasteiger partial charge >= 0.3 is 0 Å². The Hall–Kier alpha value is -1.62. The Kier molecular flexibility index (Phi) is 3.97. The monoisotopic (exact) mass is 313 g/mol. The van der Waals surface area contributed by atoms with Gasteiger partial charge in [0.15, 0.2) is 5.65 Å². The van der Waals surface area contributed by atoms with E-state index < -0.39 is 0 Å². The number of anilines is 1. The molecule has 0 bridgehead atoms. The summed E-state index contributed by atoms with van der Waals surface area (Å²) in [5, 5.41) is 8.10. The molecule has 2 saturated carbocycles. The van der Waals surface area contributed by atoms with Crippen LogP contribution < -0.4 is 11.1 Å². The van der Waals surface area contributed by atoms with E-state index in [1.807, 2.05) is 16.8 Å². The molecule has 2 heterocycles. The lowest BCUT2D eigenvalue weighted by Gasteiger charge is -2.21. The summed E-state index contributed by atoms with van der Waals surface area (Å²) in [5.41, 5.74) is 8.20. The molecule has 3 N–H and O–H groups in total. The summed E-state index contributed by atoms with van der Waals surface area (Å²) in [4.78, 5) is 4.87. The predicted octanol–water partition coefficient (Wildman–Crippen LogP) is 3.31. The molecule has 5 nitrogen and oxygen atoms in total. The Labute approximate surface area is 137 Å². The highest BCUT2D eigenvalue weighted by molar-refractivity contribution is 5.50. The van der Waals surface area contributed by atoms with Crippen LogP contribution in [0.3, 0.4) is 0 Å². The van der Waals surface area contributed by atoms with Gasteiger partial charge in [-0.25, -0.2) is 4.98 Å². The highest BCUT2D eigenvalue weighted by atomic mass is 15.3. The molecule has 0 unspecified atom stereocenters. The molecule has 3 atom stereocenters. The molecule has 0 aliphatic heterocycles. The summed E-state index contributed by atoms with van der Waals surface area (Å²) in [6.45, 7) is 2.33. The van der Waals surface area contributed by atoms with E-state index in [1.54, 1.807) is 0 Å². The van der Waals surface area contributed by atoms with Gasteiger partial charge in [-0.05, 0) is 38.0 Å². The fourth-order valence-electron chi connectivity index (χ4n) is 4.32. The van der Waals surface area contributed by atoms with Gasteiger partial charge in [0, 0.05) is 35.8 Å². The number of nitrogens with two attached hydrogens (primary N) is 1. The number of hydrogen-bond donors (Lipinski definition) is 2. The van der Waals surface area contributed by atoms with Gasteiger partial charge in [-0.2, -0.15) is 9.61 Å². The second kappa shape index (κ2) is 6.11. The van der Waals surface area contributed by atoms with E-state index in [2.05, 4.69) is 23.4 Å². The number of nitrogens with zero attached hydrogens (tertiary/aromatic N) is 3. The van der Waals surface area contributed by atoms with Gasteiger partial charge in [0.05, 0.1) is 6.20 Å². The lowest BCUT2D eigenvalue weighted by Crippen LogP contribution is -2.22. The van der Waals surface area contributed by atoms with Crippen LogP contribution in [-0.2, 0) is 0 Å². The number of nitrogens with one attached hydrogen (secondary N) is 1. The minimum absolute atomic E-state index is 0.333. The van der Waals surface area contributed by atoms with Crippen LogP contribution in [0.25, 0.3) is 5.65 Å². The van der Waals surface area contributed by atoms with Crippen molar-refractivity contribution in [3.8, 4) is 0 Å². The van der Waals surface area contributed by atoms with Crippen molar-refractivity contribution in [1.82, 2.24) is 14.6 Å². The second-order valence-electron chi connectivity index (χ2n) is 7.42. The maximum Gasteiger partial charge on any atom is 0.157 e. The molecule has 124 valence electrons. The molecule has 0 saturated heterocycles. The average molecular weight is 313 g/mol. The second-order valence-corrected chi connectivity index (χ2v) is 7.42. The smallest absolute Gasteiger partial charge is 0.157 e. The third-order valence-corrected chi connectivity index (χ3v) is 5.78. The van der Waals surface area contributed by atoms with E-state index in [9.17, 15) is 0 Å². The van der Waals surface area contributed by atoms with Crippen LogP contribution >= 0.6 is 0 Å². The molecule has 23 heavy (non-hydrogen) atoms. The molecule has 2 aromatic heterocycles.